The molecule has 2 rings (SSSR count). The van der Waals surface area contributed by atoms with Gasteiger partial charge in [-0.1, -0.05) is 43.7 Å². The van der Waals surface area contributed by atoms with E-state index < -0.39 is 5.97 Å². The van der Waals surface area contributed by atoms with E-state index in [1.807, 2.05) is 57.2 Å². The Morgan fingerprint density at radius 2 is 2.00 bits per heavy atom. The fourth-order valence-corrected chi connectivity index (χ4v) is 3.03. The summed E-state index contributed by atoms with van der Waals surface area (Å²) in [4.78, 5) is 12.3. The molecule has 0 aliphatic carbocycles. The quantitative estimate of drug-likeness (QED) is 0.390. The van der Waals surface area contributed by atoms with E-state index in [4.69, 9.17) is 4.74 Å². The Kier molecular flexibility index (Phi) is 7.01. The van der Waals surface area contributed by atoms with Crippen molar-refractivity contribution in [2.45, 2.75) is 54.2 Å². The molecule has 0 aliphatic rings. The van der Waals surface area contributed by atoms with Crippen LogP contribution in [0.4, 0.5) is 0 Å². The van der Waals surface area contributed by atoms with Gasteiger partial charge in [-0.25, -0.2) is 4.79 Å². The predicted molar refractivity (Wildman–Crippen MR) is 108 cm³/mol. The predicted octanol–water partition coefficient (Wildman–Crippen LogP) is 5.11. The molecule has 0 spiro atoms. The zero-order valence-electron chi connectivity index (χ0n) is 16.9. The monoisotopic (exact) mass is 364 g/mol. The van der Waals surface area contributed by atoms with Crippen LogP contribution in [0.1, 0.15) is 48.3 Å². The molecule has 2 aromatic rings. The van der Waals surface area contributed by atoms with Gasteiger partial charge in [0.25, 0.3) is 0 Å². The second-order valence-electron chi connectivity index (χ2n) is 7.40. The van der Waals surface area contributed by atoms with Crippen LogP contribution >= 0.6 is 0 Å². The van der Waals surface area contributed by atoms with Crippen LogP contribution in [-0.2, 0) is 22.7 Å². The smallest absolute Gasteiger partial charge is 0.349 e. The number of nitrogens with zero attached hydrogens (tertiary/aromatic N) is 2. The van der Waals surface area contributed by atoms with Crippen LogP contribution in [0, 0.1) is 38.0 Å². The maximum atomic E-state index is 12.3. The summed E-state index contributed by atoms with van der Waals surface area (Å²) < 4.78 is 7.56. The Bertz CT molecular complexity index is 882. The fourth-order valence-electron chi connectivity index (χ4n) is 3.03. The molecule has 1 aromatic heterocycles. The van der Waals surface area contributed by atoms with Crippen molar-refractivity contribution >= 4 is 12.0 Å². The highest BCUT2D eigenvalue weighted by atomic mass is 16.5. The highest BCUT2D eigenvalue weighted by molar-refractivity contribution is 5.98. The first-order valence-electron chi connectivity index (χ1n) is 9.33. The minimum Gasteiger partial charge on any atom is -0.457 e. The lowest BCUT2D eigenvalue weighted by molar-refractivity contribution is -0.139. The first-order valence-corrected chi connectivity index (χ1v) is 9.33. The van der Waals surface area contributed by atoms with Crippen molar-refractivity contribution in [2.24, 2.45) is 5.92 Å². The molecule has 0 bridgehead atoms. The lowest BCUT2D eigenvalue weighted by atomic mass is 10.1. The third-order valence-corrected chi connectivity index (χ3v) is 4.64. The maximum Gasteiger partial charge on any atom is 0.349 e. The fraction of sp³-hybridized carbons (Fsp3) is 0.391. The van der Waals surface area contributed by atoms with Gasteiger partial charge in [0.1, 0.15) is 18.2 Å². The highest BCUT2D eigenvalue weighted by Gasteiger charge is 2.14. The van der Waals surface area contributed by atoms with Crippen LogP contribution in [-0.4, -0.2) is 10.5 Å². The van der Waals surface area contributed by atoms with Crippen molar-refractivity contribution in [1.29, 1.82) is 5.26 Å². The van der Waals surface area contributed by atoms with Gasteiger partial charge in [0, 0.05) is 17.9 Å². The second-order valence-corrected chi connectivity index (χ2v) is 7.40. The molecule has 4 heteroatoms. The average Bonchev–Trinajstić information content (AvgIpc) is 2.89. The molecule has 0 fully saturated rings. The molecular formula is C23H28N2O2. The van der Waals surface area contributed by atoms with Gasteiger partial charge in [-0.05, 0) is 56.4 Å². The molecule has 142 valence electrons. The zero-order chi connectivity index (χ0) is 20.0. The van der Waals surface area contributed by atoms with Crippen molar-refractivity contribution in [3.05, 3.63) is 64.0 Å². The standard InChI is InChI=1S/C23H28N2O2/c1-16(2)9-10-25-18(4)12-21(19(25)5)13-22(14-24)23(26)27-15-20-8-6-7-17(3)11-20/h6-8,11-13,16H,9-10,15H2,1-5H3/b22-13+. The Labute approximate surface area is 162 Å². The van der Waals surface area contributed by atoms with E-state index in [0.29, 0.717) is 5.92 Å². The van der Waals surface area contributed by atoms with Crippen molar-refractivity contribution in [3.63, 3.8) is 0 Å². The zero-order valence-corrected chi connectivity index (χ0v) is 16.9. The summed E-state index contributed by atoms with van der Waals surface area (Å²) in [6.45, 7) is 11.6. The van der Waals surface area contributed by atoms with Gasteiger partial charge >= 0.3 is 5.97 Å². The third-order valence-electron chi connectivity index (χ3n) is 4.64. The number of hydrogen-bond donors (Lipinski definition) is 0. The van der Waals surface area contributed by atoms with Gasteiger partial charge in [0.15, 0.2) is 0 Å². The van der Waals surface area contributed by atoms with Crippen LogP contribution in [0.5, 0.6) is 0 Å². The number of esters is 1. The van der Waals surface area contributed by atoms with Crippen LogP contribution in [0.2, 0.25) is 0 Å². The molecule has 0 amide bonds. The van der Waals surface area contributed by atoms with E-state index in [1.165, 1.54) is 0 Å². The molecule has 0 saturated heterocycles. The molecule has 0 atom stereocenters. The summed E-state index contributed by atoms with van der Waals surface area (Å²) in [5.74, 6) is 0.0300. The highest BCUT2D eigenvalue weighted by Crippen LogP contribution is 2.20. The number of aryl methyl sites for hydroxylation is 2. The minimum absolute atomic E-state index is 0.0202. The van der Waals surface area contributed by atoms with E-state index in [0.717, 1.165) is 41.0 Å². The minimum atomic E-state index is -0.592. The number of rotatable bonds is 7. The molecular weight excluding hydrogens is 336 g/mol. The van der Waals surface area contributed by atoms with Crippen LogP contribution in [0.15, 0.2) is 35.9 Å². The SMILES string of the molecule is Cc1cccc(COC(=O)/C(C#N)=C/c2cc(C)n(CCC(C)C)c2C)c1. The lowest BCUT2D eigenvalue weighted by Gasteiger charge is -2.11. The van der Waals surface area contributed by atoms with Crippen molar-refractivity contribution < 1.29 is 9.53 Å². The molecule has 0 radical (unpaired) electrons. The van der Waals surface area contributed by atoms with Crippen LogP contribution < -0.4 is 0 Å². The number of hydrogen-bond acceptors (Lipinski definition) is 3. The molecule has 0 aliphatic heterocycles. The van der Waals surface area contributed by atoms with Gasteiger partial charge in [0.05, 0.1) is 0 Å². The number of carbonyl (C=O) groups excluding carboxylic acids is 1. The van der Waals surface area contributed by atoms with Crippen molar-refractivity contribution in [3.8, 4) is 6.07 Å². The van der Waals surface area contributed by atoms with E-state index in [9.17, 15) is 10.1 Å². The summed E-state index contributed by atoms with van der Waals surface area (Å²) >= 11 is 0. The summed E-state index contributed by atoms with van der Waals surface area (Å²) in [5, 5.41) is 9.42. The van der Waals surface area contributed by atoms with E-state index >= 15 is 0 Å². The summed E-state index contributed by atoms with van der Waals surface area (Å²) in [7, 11) is 0. The van der Waals surface area contributed by atoms with Crippen LogP contribution in [0.3, 0.4) is 0 Å². The first kappa shape index (κ1) is 20.5. The second kappa shape index (κ2) is 9.23. The molecule has 4 nitrogen and oxygen atoms in total. The number of benzene rings is 1. The van der Waals surface area contributed by atoms with Gasteiger partial charge in [0.2, 0.25) is 0 Å². The van der Waals surface area contributed by atoms with Crippen LogP contribution in [0.25, 0.3) is 6.08 Å². The topological polar surface area (TPSA) is 55.0 Å². The average molecular weight is 364 g/mol. The number of aromatic nitrogens is 1. The van der Waals surface area contributed by atoms with E-state index in [-0.39, 0.29) is 12.2 Å². The Morgan fingerprint density at radius 3 is 2.63 bits per heavy atom. The van der Waals surface area contributed by atoms with Crippen molar-refractivity contribution in [1.82, 2.24) is 4.57 Å². The Morgan fingerprint density at radius 1 is 1.26 bits per heavy atom. The normalized spacial score (nSPS) is 11.5. The molecule has 27 heavy (non-hydrogen) atoms. The third kappa shape index (κ3) is 5.59. The van der Waals surface area contributed by atoms with Gasteiger partial charge < -0.3 is 9.30 Å². The number of nitriles is 1. The molecule has 0 unspecified atom stereocenters. The van der Waals surface area contributed by atoms with Gasteiger partial charge in [-0.15, -0.1) is 0 Å². The molecule has 1 aromatic carbocycles. The van der Waals surface area contributed by atoms with Gasteiger partial charge in [-0.3, -0.25) is 0 Å². The largest absolute Gasteiger partial charge is 0.457 e. The maximum absolute atomic E-state index is 12.3. The van der Waals surface area contributed by atoms with Gasteiger partial charge in [-0.2, -0.15) is 5.26 Å². The number of ether oxygens (including phenoxy) is 1. The van der Waals surface area contributed by atoms with E-state index in [1.54, 1.807) is 6.08 Å². The molecule has 1 heterocycles. The molecule has 0 saturated carbocycles. The number of carbonyl (C=O) groups is 1. The Hall–Kier alpha value is -2.80. The summed E-state index contributed by atoms with van der Waals surface area (Å²) in [6, 6.07) is 11.8. The summed E-state index contributed by atoms with van der Waals surface area (Å²) in [6.07, 6.45) is 2.72. The molecule has 0 N–H and O–H groups in total. The van der Waals surface area contributed by atoms with Crippen molar-refractivity contribution in [2.75, 3.05) is 0 Å². The first-order chi connectivity index (χ1) is 12.8. The van der Waals surface area contributed by atoms with E-state index in [2.05, 4.69) is 18.4 Å². The summed E-state index contributed by atoms with van der Waals surface area (Å²) in [5.41, 5.74) is 5.12. The Balaban J connectivity index is 2.14. The lowest BCUT2D eigenvalue weighted by Crippen LogP contribution is -2.07.